The average Bonchev–Trinajstić information content (AvgIpc) is 3.35. The van der Waals surface area contributed by atoms with E-state index in [9.17, 15) is 22.0 Å². The highest BCUT2D eigenvalue weighted by atomic mass is 35.5. The maximum Gasteiger partial charge on any atom is 0.255 e. The predicted octanol–water partition coefficient (Wildman–Crippen LogP) is 3.17. The molecule has 0 radical (unpaired) electrons. The molecule has 1 aliphatic rings. The fourth-order valence-corrected chi connectivity index (χ4v) is 3.56. The number of hydrogen-bond donors (Lipinski definition) is 2. The quantitative estimate of drug-likeness (QED) is 0.771. The molecule has 0 aliphatic heterocycles. The minimum Gasteiger partial charge on any atom is -0.322 e. The second-order valence-corrected chi connectivity index (χ2v) is 7.86. The van der Waals surface area contributed by atoms with Gasteiger partial charge in [0, 0.05) is 17.3 Å². The monoisotopic (exact) mass is 387 g/mol. The van der Waals surface area contributed by atoms with Crippen molar-refractivity contribution in [1.82, 2.24) is 4.98 Å². The molecule has 0 unspecified atom stereocenters. The summed E-state index contributed by atoms with van der Waals surface area (Å²) in [6.45, 7) is 0. The van der Waals surface area contributed by atoms with Crippen LogP contribution in [0.5, 0.6) is 0 Å². The van der Waals surface area contributed by atoms with Gasteiger partial charge in [0.05, 0.1) is 10.3 Å². The Balaban J connectivity index is 1.81. The lowest BCUT2D eigenvalue weighted by Gasteiger charge is -2.09. The molecule has 3 rings (SSSR count). The maximum absolute atomic E-state index is 13.6. The van der Waals surface area contributed by atoms with E-state index in [4.69, 9.17) is 11.6 Å². The van der Waals surface area contributed by atoms with E-state index < -0.39 is 32.9 Å². The number of aromatic nitrogens is 1. The van der Waals surface area contributed by atoms with Gasteiger partial charge in [-0.2, -0.15) is 4.39 Å². The zero-order valence-corrected chi connectivity index (χ0v) is 14.2. The topological polar surface area (TPSA) is 88.2 Å². The molecule has 1 aromatic heterocycles. The molecule has 1 aliphatic carbocycles. The Morgan fingerprint density at radius 3 is 2.56 bits per heavy atom. The van der Waals surface area contributed by atoms with Crippen LogP contribution in [0, 0.1) is 11.8 Å². The van der Waals surface area contributed by atoms with Crippen molar-refractivity contribution in [3.05, 3.63) is 52.7 Å². The Bertz CT molecular complexity index is 949. The number of carbonyl (C=O) groups is 1. The van der Waals surface area contributed by atoms with Crippen LogP contribution in [-0.4, -0.2) is 24.6 Å². The number of hydrogen-bond acceptors (Lipinski definition) is 4. The predicted molar refractivity (Wildman–Crippen MR) is 89.1 cm³/mol. The van der Waals surface area contributed by atoms with Crippen LogP contribution in [-0.2, 0) is 10.0 Å². The number of anilines is 2. The van der Waals surface area contributed by atoms with Gasteiger partial charge in [0.1, 0.15) is 11.6 Å². The van der Waals surface area contributed by atoms with Crippen LogP contribution in [0.3, 0.4) is 0 Å². The van der Waals surface area contributed by atoms with E-state index in [1.165, 1.54) is 12.1 Å². The van der Waals surface area contributed by atoms with E-state index >= 15 is 0 Å². The summed E-state index contributed by atoms with van der Waals surface area (Å²) >= 11 is 5.63. The van der Waals surface area contributed by atoms with Crippen molar-refractivity contribution in [1.29, 1.82) is 0 Å². The molecule has 0 bridgehead atoms. The Morgan fingerprint density at radius 1 is 1.20 bits per heavy atom. The Morgan fingerprint density at radius 2 is 1.92 bits per heavy atom. The molecular formula is C15H12ClF2N3O3S. The zero-order valence-electron chi connectivity index (χ0n) is 12.6. The van der Waals surface area contributed by atoms with Gasteiger partial charge in [0.15, 0.2) is 0 Å². The van der Waals surface area contributed by atoms with Gasteiger partial charge < -0.3 is 5.32 Å². The summed E-state index contributed by atoms with van der Waals surface area (Å²) in [6.07, 6.45) is 1.06. The van der Waals surface area contributed by atoms with Crippen molar-refractivity contribution >= 4 is 39.0 Å². The average molecular weight is 388 g/mol. The molecule has 0 saturated heterocycles. The van der Waals surface area contributed by atoms with Crippen LogP contribution < -0.4 is 10.0 Å². The lowest BCUT2D eigenvalue weighted by Crippen LogP contribution is -2.19. The summed E-state index contributed by atoms with van der Waals surface area (Å²) in [5.74, 6) is -2.67. The molecule has 1 amide bonds. The number of rotatable bonds is 5. The molecule has 0 spiro atoms. The SMILES string of the molecule is O=C(Nc1ccc(F)c(Cl)c1)c1cc(F)nc(NS(=O)(=O)C2CC2)c1. The number of halogens is 3. The normalized spacial score (nSPS) is 14.2. The van der Waals surface area contributed by atoms with Gasteiger partial charge in [-0.25, -0.2) is 17.8 Å². The Kier molecular flexibility index (Phi) is 4.61. The lowest BCUT2D eigenvalue weighted by atomic mass is 10.2. The van der Waals surface area contributed by atoms with Gasteiger partial charge in [0.25, 0.3) is 5.91 Å². The molecular weight excluding hydrogens is 376 g/mol. The lowest BCUT2D eigenvalue weighted by molar-refractivity contribution is 0.102. The van der Waals surface area contributed by atoms with Crippen LogP contribution in [0.25, 0.3) is 0 Å². The van der Waals surface area contributed by atoms with Gasteiger partial charge in [-0.1, -0.05) is 11.6 Å². The van der Waals surface area contributed by atoms with Crippen LogP contribution in [0.1, 0.15) is 23.2 Å². The molecule has 132 valence electrons. The third-order valence-corrected chi connectivity index (χ3v) is 5.58. The van der Waals surface area contributed by atoms with Gasteiger partial charge >= 0.3 is 0 Å². The van der Waals surface area contributed by atoms with Gasteiger partial charge in [-0.05, 0) is 37.1 Å². The summed E-state index contributed by atoms with van der Waals surface area (Å²) in [5.41, 5.74) is 0.0511. The number of nitrogens with one attached hydrogen (secondary N) is 2. The molecule has 1 heterocycles. The fourth-order valence-electron chi connectivity index (χ4n) is 2.06. The highest BCUT2D eigenvalue weighted by Crippen LogP contribution is 2.29. The summed E-state index contributed by atoms with van der Waals surface area (Å²) in [5, 5.41) is 1.72. The largest absolute Gasteiger partial charge is 0.322 e. The first kappa shape index (κ1) is 17.6. The first-order chi connectivity index (χ1) is 11.7. The van der Waals surface area contributed by atoms with E-state index in [2.05, 4.69) is 15.0 Å². The number of pyridine rings is 1. The van der Waals surface area contributed by atoms with Crippen molar-refractivity contribution < 1.29 is 22.0 Å². The Hall–Kier alpha value is -2.26. The smallest absolute Gasteiger partial charge is 0.255 e. The third-order valence-electron chi connectivity index (χ3n) is 3.44. The molecule has 6 nitrogen and oxygen atoms in total. The van der Waals surface area contributed by atoms with Crippen molar-refractivity contribution in [3.8, 4) is 0 Å². The number of amides is 1. The number of nitrogens with zero attached hydrogens (tertiary/aromatic N) is 1. The fraction of sp³-hybridized carbons (Fsp3) is 0.200. The number of benzene rings is 1. The molecule has 2 aromatic rings. The molecule has 1 saturated carbocycles. The van der Waals surface area contributed by atoms with Crippen LogP contribution in [0.15, 0.2) is 30.3 Å². The van der Waals surface area contributed by atoms with E-state index in [1.807, 2.05) is 0 Å². The van der Waals surface area contributed by atoms with Crippen LogP contribution in [0.4, 0.5) is 20.3 Å². The van der Waals surface area contributed by atoms with Gasteiger partial charge in [-0.15, -0.1) is 0 Å². The summed E-state index contributed by atoms with van der Waals surface area (Å²) < 4.78 is 52.7. The minimum atomic E-state index is -3.64. The second-order valence-electron chi connectivity index (χ2n) is 5.49. The van der Waals surface area contributed by atoms with Crippen molar-refractivity contribution in [2.45, 2.75) is 18.1 Å². The minimum absolute atomic E-state index is 0.151. The molecule has 1 aromatic carbocycles. The Labute approximate surface area is 147 Å². The first-order valence-corrected chi connectivity index (χ1v) is 9.12. The van der Waals surface area contributed by atoms with Gasteiger partial charge in [0.2, 0.25) is 16.0 Å². The van der Waals surface area contributed by atoms with E-state index in [1.54, 1.807) is 0 Å². The van der Waals surface area contributed by atoms with Crippen LogP contribution >= 0.6 is 11.6 Å². The standard InChI is InChI=1S/C15H12ClF2N3O3S/c16-11-7-9(1-4-12(11)17)19-15(22)8-5-13(18)20-14(6-8)21-25(23,24)10-2-3-10/h1,4-7,10H,2-3H2,(H,19,22)(H,20,21). The second kappa shape index (κ2) is 6.57. The third kappa shape index (κ3) is 4.23. The highest BCUT2D eigenvalue weighted by Gasteiger charge is 2.36. The summed E-state index contributed by atoms with van der Waals surface area (Å²) in [6, 6.07) is 5.52. The van der Waals surface area contributed by atoms with Gasteiger partial charge in [-0.3, -0.25) is 9.52 Å². The molecule has 10 heteroatoms. The van der Waals surface area contributed by atoms with E-state index in [0.29, 0.717) is 12.8 Å². The molecule has 1 fully saturated rings. The number of sulfonamides is 1. The maximum atomic E-state index is 13.6. The number of carbonyl (C=O) groups excluding carboxylic acids is 1. The van der Waals surface area contributed by atoms with Crippen molar-refractivity contribution in [2.75, 3.05) is 10.0 Å². The first-order valence-electron chi connectivity index (χ1n) is 7.20. The molecule has 25 heavy (non-hydrogen) atoms. The summed E-state index contributed by atoms with van der Waals surface area (Å²) in [4.78, 5) is 15.6. The molecule has 0 atom stereocenters. The van der Waals surface area contributed by atoms with Crippen LogP contribution in [0.2, 0.25) is 5.02 Å². The van der Waals surface area contributed by atoms with E-state index in [-0.39, 0.29) is 22.1 Å². The zero-order chi connectivity index (χ0) is 18.2. The van der Waals surface area contributed by atoms with Crippen molar-refractivity contribution in [3.63, 3.8) is 0 Å². The summed E-state index contributed by atoms with van der Waals surface area (Å²) in [7, 11) is -3.64. The molecule has 2 N–H and O–H groups in total. The van der Waals surface area contributed by atoms with E-state index in [0.717, 1.165) is 18.2 Å². The van der Waals surface area contributed by atoms with Crippen molar-refractivity contribution in [2.24, 2.45) is 0 Å². The highest BCUT2D eigenvalue weighted by molar-refractivity contribution is 7.93.